The van der Waals surface area contributed by atoms with Gasteiger partial charge in [-0.2, -0.15) is 0 Å². The van der Waals surface area contributed by atoms with E-state index in [1.807, 2.05) is 0 Å². The number of aliphatic imine (C=N–C) groups is 2. The fourth-order valence-corrected chi connectivity index (χ4v) is 0.196. The van der Waals surface area contributed by atoms with Crippen LogP contribution in [0.15, 0.2) is 35.0 Å². The molecule has 0 aliphatic carbocycles. The van der Waals surface area contributed by atoms with Crippen molar-refractivity contribution < 1.29 is 0 Å². The second-order valence-electron chi connectivity index (χ2n) is 1.01. The van der Waals surface area contributed by atoms with Crippen LogP contribution in [0.4, 0.5) is 0 Å². The first-order valence-corrected chi connectivity index (χ1v) is 2.17. The van der Waals surface area contributed by atoms with E-state index in [0.29, 0.717) is 0 Å². The largest absolute Gasteiger partial charge is 0.271 e. The van der Waals surface area contributed by atoms with E-state index >= 15 is 0 Å². The van der Waals surface area contributed by atoms with E-state index in [0.717, 1.165) is 0 Å². The Kier molecular flexibility index (Phi) is 4.96. The lowest BCUT2D eigenvalue weighted by Gasteiger charge is -1.68. The first kappa shape index (κ1) is 6.82. The summed E-state index contributed by atoms with van der Waals surface area (Å²) in [5, 5.41) is 0. The van der Waals surface area contributed by atoms with Gasteiger partial charge in [-0.05, 0) is 6.72 Å². The summed E-state index contributed by atoms with van der Waals surface area (Å²) in [7, 11) is 0. The minimum atomic E-state index is 1.50. The average Bonchev–Trinajstić information content (AvgIpc) is 1.81. The molecule has 0 aromatic heterocycles. The first-order valence-electron chi connectivity index (χ1n) is 2.17. The SMILES string of the molecule is C=CC=N/C=C\N=C. The molecule has 2 heteroatoms. The number of hydrogen-bond acceptors (Lipinski definition) is 2. The Labute approximate surface area is 49.0 Å². The van der Waals surface area contributed by atoms with Crippen LogP contribution in [0.3, 0.4) is 0 Å². The van der Waals surface area contributed by atoms with Gasteiger partial charge in [0.25, 0.3) is 0 Å². The van der Waals surface area contributed by atoms with Gasteiger partial charge in [0, 0.05) is 18.6 Å². The number of rotatable bonds is 3. The van der Waals surface area contributed by atoms with Crippen molar-refractivity contribution in [3.05, 3.63) is 25.1 Å². The lowest BCUT2D eigenvalue weighted by Crippen LogP contribution is -1.55. The summed E-state index contributed by atoms with van der Waals surface area (Å²) in [6.45, 7) is 6.65. The van der Waals surface area contributed by atoms with Gasteiger partial charge in [0.2, 0.25) is 0 Å². The standard InChI is InChI=1S/C6H8N2/c1-3-4-8-6-5-7-2/h3-6H,1-2H2/b6-5-,8-4?. The Bertz CT molecular complexity index is 106. The smallest absolute Gasteiger partial charge is 0.0450 e. The van der Waals surface area contributed by atoms with Gasteiger partial charge in [0.15, 0.2) is 0 Å². The third-order valence-corrected chi connectivity index (χ3v) is 0.450. The fourth-order valence-electron chi connectivity index (χ4n) is 0.196. The molecule has 0 saturated carbocycles. The molecule has 0 fully saturated rings. The summed E-state index contributed by atoms with van der Waals surface area (Å²) < 4.78 is 0. The van der Waals surface area contributed by atoms with Crippen molar-refractivity contribution >= 4 is 12.9 Å². The Balaban J connectivity index is 3.41. The molecule has 2 nitrogen and oxygen atoms in total. The lowest BCUT2D eigenvalue weighted by atomic mass is 10.7. The number of hydrogen-bond donors (Lipinski definition) is 0. The van der Waals surface area contributed by atoms with Crippen LogP contribution in [0.2, 0.25) is 0 Å². The minimum absolute atomic E-state index is 1.50. The Morgan fingerprint density at radius 2 is 2.00 bits per heavy atom. The quantitative estimate of drug-likeness (QED) is 0.488. The highest BCUT2D eigenvalue weighted by Crippen LogP contribution is 1.71. The monoisotopic (exact) mass is 108 g/mol. The summed E-state index contributed by atoms with van der Waals surface area (Å²) in [5.41, 5.74) is 0. The van der Waals surface area contributed by atoms with E-state index in [2.05, 4.69) is 23.3 Å². The number of allylic oxidation sites excluding steroid dienone is 1. The molecule has 0 rings (SSSR count). The lowest BCUT2D eigenvalue weighted by molar-refractivity contribution is 1.50. The molecule has 0 atom stereocenters. The van der Waals surface area contributed by atoms with E-state index in [1.54, 1.807) is 12.3 Å². The molecule has 0 aromatic rings. The Morgan fingerprint density at radius 1 is 1.25 bits per heavy atom. The summed E-state index contributed by atoms with van der Waals surface area (Å²) in [6.07, 6.45) is 6.20. The van der Waals surface area contributed by atoms with Crippen molar-refractivity contribution in [2.45, 2.75) is 0 Å². The van der Waals surface area contributed by atoms with Gasteiger partial charge in [0.1, 0.15) is 0 Å². The van der Waals surface area contributed by atoms with E-state index < -0.39 is 0 Å². The molecule has 0 saturated heterocycles. The van der Waals surface area contributed by atoms with Crippen LogP contribution in [0.25, 0.3) is 0 Å². The molecular formula is C6H8N2. The molecule has 0 bridgehead atoms. The summed E-state index contributed by atoms with van der Waals surface area (Å²) in [4.78, 5) is 7.15. The van der Waals surface area contributed by atoms with Crippen molar-refractivity contribution in [1.82, 2.24) is 0 Å². The van der Waals surface area contributed by atoms with Gasteiger partial charge < -0.3 is 0 Å². The van der Waals surface area contributed by atoms with Gasteiger partial charge in [-0.25, -0.2) is 0 Å². The van der Waals surface area contributed by atoms with Gasteiger partial charge >= 0.3 is 0 Å². The van der Waals surface area contributed by atoms with Gasteiger partial charge in [-0.3, -0.25) is 9.98 Å². The first-order chi connectivity index (χ1) is 3.91. The third kappa shape index (κ3) is 4.82. The van der Waals surface area contributed by atoms with Gasteiger partial charge in [-0.15, -0.1) is 0 Å². The normalized spacial score (nSPS) is 10.5. The predicted molar refractivity (Wildman–Crippen MR) is 37.4 cm³/mol. The van der Waals surface area contributed by atoms with Crippen molar-refractivity contribution in [3.63, 3.8) is 0 Å². The van der Waals surface area contributed by atoms with Crippen LogP contribution < -0.4 is 0 Å². The summed E-state index contributed by atoms with van der Waals surface area (Å²) >= 11 is 0. The second-order valence-corrected chi connectivity index (χ2v) is 1.01. The van der Waals surface area contributed by atoms with Crippen molar-refractivity contribution in [1.29, 1.82) is 0 Å². The molecule has 0 N–H and O–H groups in total. The van der Waals surface area contributed by atoms with Crippen LogP contribution in [0.5, 0.6) is 0 Å². The molecule has 0 aromatic carbocycles. The van der Waals surface area contributed by atoms with Crippen LogP contribution in [-0.2, 0) is 0 Å². The zero-order valence-electron chi connectivity index (χ0n) is 4.62. The van der Waals surface area contributed by atoms with Gasteiger partial charge in [-0.1, -0.05) is 12.7 Å². The molecule has 0 radical (unpaired) electrons. The molecule has 0 unspecified atom stereocenters. The van der Waals surface area contributed by atoms with Crippen LogP contribution in [0.1, 0.15) is 0 Å². The van der Waals surface area contributed by atoms with Crippen molar-refractivity contribution in [3.8, 4) is 0 Å². The highest BCUT2D eigenvalue weighted by Gasteiger charge is 1.54. The summed E-state index contributed by atoms with van der Waals surface area (Å²) in [5.74, 6) is 0. The van der Waals surface area contributed by atoms with Crippen LogP contribution >= 0.6 is 0 Å². The van der Waals surface area contributed by atoms with Crippen LogP contribution in [-0.4, -0.2) is 12.9 Å². The molecule has 42 valence electrons. The van der Waals surface area contributed by atoms with E-state index in [-0.39, 0.29) is 0 Å². The molecule has 8 heavy (non-hydrogen) atoms. The Hall–Kier alpha value is -1.18. The predicted octanol–water partition coefficient (Wildman–Crippen LogP) is 1.41. The molecule has 0 aliphatic rings. The van der Waals surface area contributed by atoms with E-state index in [4.69, 9.17) is 0 Å². The molecule has 0 spiro atoms. The maximum Gasteiger partial charge on any atom is 0.0450 e. The Morgan fingerprint density at radius 3 is 2.50 bits per heavy atom. The van der Waals surface area contributed by atoms with Gasteiger partial charge in [0.05, 0.1) is 0 Å². The zero-order chi connectivity index (χ0) is 6.24. The highest BCUT2D eigenvalue weighted by molar-refractivity contribution is 5.70. The molecular weight excluding hydrogens is 100 g/mol. The molecule has 0 amide bonds. The van der Waals surface area contributed by atoms with Crippen molar-refractivity contribution in [2.24, 2.45) is 9.98 Å². The molecule has 0 heterocycles. The van der Waals surface area contributed by atoms with E-state index in [1.165, 1.54) is 12.4 Å². The topological polar surface area (TPSA) is 24.7 Å². The highest BCUT2D eigenvalue weighted by atomic mass is 14.7. The maximum absolute atomic E-state index is 3.72. The van der Waals surface area contributed by atoms with Crippen molar-refractivity contribution in [2.75, 3.05) is 0 Å². The third-order valence-electron chi connectivity index (χ3n) is 0.450. The van der Waals surface area contributed by atoms with E-state index in [9.17, 15) is 0 Å². The molecule has 0 aliphatic heterocycles. The second kappa shape index (κ2) is 5.82. The summed E-state index contributed by atoms with van der Waals surface area (Å²) in [6, 6.07) is 0. The maximum atomic E-state index is 3.72. The minimum Gasteiger partial charge on any atom is -0.271 e. The fraction of sp³-hybridized carbons (Fsp3) is 0. The zero-order valence-corrected chi connectivity index (χ0v) is 4.62. The van der Waals surface area contributed by atoms with Crippen LogP contribution in [0, 0.1) is 0 Å². The number of nitrogens with zero attached hydrogens (tertiary/aromatic N) is 2. The average molecular weight is 108 g/mol.